The molecule has 3 heterocycles. The number of ether oxygens (including phenoxy) is 1. The summed E-state index contributed by atoms with van der Waals surface area (Å²) in [6, 6.07) is 0. The maximum atomic E-state index is 12.9. The number of carbonyl (C=O) groups is 2. The van der Waals surface area contributed by atoms with Gasteiger partial charge in [0.05, 0.1) is 12.9 Å². The quantitative estimate of drug-likeness (QED) is 0.287. The van der Waals surface area contributed by atoms with Crippen molar-refractivity contribution < 1.29 is 45.5 Å². The number of nitrogen functional groups attached to an aromatic ring is 1. The Morgan fingerprint density at radius 3 is 2.35 bits per heavy atom. The largest absolute Gasteiger partial charge is 2.00 e. The number of aromatic nitrogens is 4. The van der Waals surface area contributed by atoms with E-state index in [1.807, 2.05) is 0 Å². The monoisotopic (exact) mass is 529 g/mol. The summed E-state index contributed by atoms with van der Waals surface area (Å²) in [6.45, 7) is 2.80. The molecule has 34 heavy (non-hydrogen) atoms. The number of hydrogen-bond donors (Lipinski definition) is 3. The fraction of sp³-hybridized carbons (Fsp3) is 0.611. The first kappa shape index (κ1) is 28.9. The van der Waals surface area contributed by atoms with Gasteiger partial charge in [-0.25, -0.2) is 19.5 Å². The normalized spacial score (nSPS) is 22.4. The molecule has 1 fully saturated rings. The van der Waals surface area contributed by atoms with Crippen LogP contribution in [-0.4, -0.2) is 104 Å². The van der Waals surface area contributed by atoms with Crippen LogP contribution in [0.25, 0.3) is 11.2 Å². The van der Waals surface area contributed by atoms with Crippen molar-refractivity contribution in [1.29, 1.82) is 0 Å². The van der Waals surface area contributed by atoms with Gasteiger partial charge in [-0.15, -0.1) is 0 Å². The summed E-state index contributed by atoms with van der Waals surface area (Å²) in [5.74, 6) is -1.63. The molecular weight excluding hydrogens is 501 g/mol. The summed E-state index contributed by atoms with van der Waals surface area (Å²) in [5.41, 5.74) is 6.29. The number of aliphatic hydroxyl groups excluding tert-OH is 2. The number of fused-ring (bicyclic) bond motifs is 1. The third-order valence-electron chi connectivity index (χ3n) is 4.73. The maximum Gasteiger partial charge on any atom is 2.00 e. The van der Waals surface area contributed by atoms with Crippen LogP contribution < -0.4 is 5.73 Å². The first-order chi connectivity index (χ1) is 15.7. The number of nitrogens with zero attached hydrogens (tertiary/aromatic N) is 4. The SMILES string of the molecule is CCCC(=O)OP(=O)(OC[C@H]1O[C@@H](n2cnc3c(N)ncnc32)[C@H](O)[C@@H]1O)OC(=O)CCC.[Ca+2].[H-].[H-]. The van der Waals surface area contributed by atoms with E-state index >= 15 is 0 Å². The molecule has 186 valence electrons. The van der Waals surface area contributed by atoms with E-state index in [2.05, 4.69) is 15.0 Å². The van der Waals surface area contributed by atoms with Crippen molar-refractivity contribution in [2.75, 3.05) is 12.3 Å². The number of phosphoric ester groups is 1. The molecule has 0 aliphatic carbocycles. The zero-order valence-corrected chi connectivity index (χ0v) is 21.9. The van der Waals surface area contributed by atoms with Gasteiger partial charge >= 0.3 is 57.5 Å². The Kier molecular flexibility index (Phi) is 10.6. The van der Waals surface area contributed by atoms with E-state index in [1.165, 1.54) is 17.2 Å². The van der Waals surface area contributed by atoms with Crippen LogP contribution >= 0.6 is 7.82 Å². The van der Waals surface area contributed by atoms with E-state index < -0.39 is 50.9 Å². The van der Waals surface area contributed by atoms with Crippen LogP contribution in [0, 0.1) is 0 Å². The Hall–Kier alpha value is -1.38. The minimum atomic E-state index is -4.64. The van der Waals surface area contributed by atoms with Gasteiger partial charge < -0.3 is 32.6 Å². The fourth-order valence-corrected chi connectivity index (χ4v) is 4.29. The Morgan fingerprint density at radius 2 is 1.76 bits per heavy atom. The molecule has 2 aromatic rings. The molecule has 14 nitrogen and oxygen atoms in total. The van der Waals surface area contributed by atoms with Crippen LogP contribution in [-0.2, 0) is 32.5 Å². The molecule has 0 radical (unpaired) electrons. The van der Waals surface area contributed by atoms with Gasteiger partial charge in [0, 0.05) is 12.8 Å². The van der Waals surface area contributed by atoms with Crippen LogP contribution in [0.15, 0.2) is 12.7 Å². The molecule has 0 spiro atoms. The maximum absolute atomic E-state index is 12.9. The predicted molar refractivity (Wildman–Crippen MR) is 119 cm³/mol. The smallest absolute Gasteiger partial charge is 1.00 e. The zero-order valence-electron chi connectivity index (χ0n) is 20.8. The molecule has 0 saturated carbocycles. The van der Waals surface area contributed by atoms with Crippen LogP contribution in [0.2, 0.25) is 0 Å². The number of anilines is 1. The number of phosphoric acid groups is 1. The zero-order chi connectivity index (χ0) is 24.2. The second-order valence-electron chi connectivity index (χ2n) is 7.30. The second-order valence-corrected chi connectivity index (χ2v) is 8.82. The number of aliphatic hydroxyl groups is 2. The Morgan fingerprint density at radius 1 is 1.15 bits per heavy atom. The Labute approximate surface area is 227 Å². The van der Waals surface area contributed by atoms with Crippen LogP contribution in [0.3, 0.4) is 0 Å². The molecular formula is C18H28CaN5O9P. The van der Waals surface area contributed by atoms with Gasteiger partial charge in [0.2, 0.25) is 0 Å². The van der Waals surface area contributed by atoms with E-state index in [0.29, 0.717) is 12.8 Å². The predicted octanol–water partition coefficient (Wildman–Crippen LogP) is 0.683. The molecule has 1 aliphatic heterocycles. The molecule has 3 rings (SSSR count). The summed E-state index contributed by atoms with van der Waals surface area (Å²) in [6.07, 6.45) is -2.10. The first-order valence-electron chi connectivity index (χ1n) is 10.3. The summed E-state index contributed by atoms with van der Waals surface area (Å²) in [5, 5.41) is 20.9. The van der Waals surface area contributed by atoms with Gasteiger partial charge in [0.25, 0.3) is 0 Å². The number of carbonyl (C=O) groups excluding carboxylic acids is 2. The van der Waals surface area contributed by atoms with E-state index in [1.54, 1.807) is 13.8 Å². The molecule has 1 aliphatic rings. The van der Waals surface area contributed by atoms with E-state index in [4.69, 9.17) is 24.0 Å². The van der Waals surface area contributed by atoms with Crippen molar-refractivity contribution in [2.45, 2.75) is 64.1 Å². The fourth-order valence-electron chi connectivity index (χ4n) is 3.14. The molecule has 4 atom stereocenters. The molecule has 0 unspecified atom stereocenters. The van der Waals surface area contributed by atoms with Crippen LogP contribution in [0.1, 0.15) is 48.6 Å². The van der Waals surface area contributed by atoms with Gasteiger partial charge in [-0.05, 0) is 12.8 Å². The molecule has 0 aromatic carbocycles. The van der Waals surface area contributed by atoms with Crippen molar-refractivity contribution in [2.24, 2.45) is 0 Å². The minimum absolute atomic E-state index is 0. The van der Waals surface area contributed by atoms with Gasteiger partial charge in [-0.3, -0.25) is 18.7 Å². The van der Waals surface area contributed by atoms with Gasteiger partial charge in [0.15, 0.2) is 17.7 Å². The summed E-state index contributed by atoms with van der Waals surface area (Å²) in [4.78, 5) is 35.7. The summed E-state index contributed by atoms with van der Waals surface area (Å²) >= 11 is 0. The Balaban J connectivity index is 0.00000408. The van der Waals surface area contributed by atoms with E-state index in [0.717, 1.165) is 0 Å². The standard InChI is InChI=1S/C18H26N5O9P.Ca.2H/c1-3-5-11(24)31-33(28,32-12(25)6-4-2)29-7-10-14(26)15(27)18(30-10)23-9-22-13-16(19)20-8-21-17(13)23;;;/h8-10,14-15,18,26-27H,3-7H2,1-2H3,(H2,19,20,21);;;/q;+2;2*-1/t10-,14-,15-,18-;;;/m1.../s1. The minimum Gasteiger partial charge on any atom is -1.00 e. The first-order valence-corrected chi connectivity index (χ1v) is 11.8. The van der Waals surface area contributed by atoms with Crippen LogP contribution in [0.4, 0.5) is 5.82 Å². The third-order valence-corrected chi connectivity index (χ3v) is 6.05. The Bertz CT molecular complexity index is 1040. The number of nitrogens with two attached hydrogens (primary N) is 1. The molecule has 0 amide bonds. The van der Waals surface area contributed by atoms with Crippen molar-refractivity contribution in [1.82, 2.24) is 19.5 Å². The average molecular weight is 530 g/mol. The molecule has 0 bridgehead atoms. The molecule has 4 N–H and O–H groups in total. The second kappa shape index (κ2) is 12.5. The third kappa shape index (κ3) is 6.64. The molecule has 1 saturated heterocycles. The van der Waals surface area contributed by atoms with Gasteiger partial charge in [0.1, 0.15) is 30.2 Å². The van der Waals surface area contributed by atoms with Crippen molar-refractivity contribution in [3.8, 4) is 0 Å². The summed E-state index contributed by atoms with van der Waals surface area (Å²) in [7, 11) is -4.64. The average Bonchev–Trinajstić information content (AvgIpc) is 3.29. The molecule has 2 aromatic heterocycles. The number of hydrogen-bond acceptors (Lipinski definition) is 13. The molecule has 16 heteroatoms. The van der Waals surface area contributed by atoms with Crippen molar-refractivity contribution in [3.63, 3.8) is 0 Å². The summed E-state index contributed by atoms with van der Waals surface area (Å²) < 4.78 is 34.6. The number of imidazole rings is 1. The van der Waals surface area contributed by atoms with Crippen molar-refractivity contribution >= 4 is 74.5 Å². The van der Waals surface area contributed by atoms with E-state index in [9.17, 15) is 24.4 Å². The van der Waals surface area contributed by atoms with Gasteiger partial charge in [-0.1, -0.05) is 13.8 Å². The van der Waals surface area contributed by atoms with Gasteiger partial charge in [-0.2, -0.15) is 0 Å². The van der Waals surface area contributed by atoms with Crippen molar-refractivity contribution in [3.05, 3.63) is 12.7 Å². The van der Waals surface area contributed by atoms with E-state index in [-0.39, 0.29) is 70.4 Å². The topological polar surface area (TPSA) is 198 Å². The van der Waals surface area contributed by atoms with Crippen LogP contribution in [0.5, 0.6) is 0 Å². The number of rotatable bonds is 10.